The fourth-order valence-electron chi connectivity index (χ4n) is 2.12. The maximum Gasteiger partial charge on any atom is 0.221 e. The molecule has 0 saturated carbocycles. The van der Waals surface area contributed by atoms with E-state index in [1.807, 2.05) is 37.3 Å². The van der Waals surface area contributed by atoms with Crippen LogP contribution in [-0.4, -0.2) is 10.9 Å². The number of carbonyl (C=O) groups is 1. The van der Waals surface area contributed by atoms with Crippen LogP contribution < -0.4 is 5.32 Å². The van der Waals surface area contributed by atoms with E-state index in [0.29, 0.717) is 0 Å². The SMILES string of the molecule is CC(=O)Nc1ccc(-c2nc3ccccc3s2)cc1C. The van der Waals surface area contributed by atoms with Crippen molar-refractivity contribution in [2.45, 2.75) is 13.8 Å². The van der Waals surface area contributed by atoms with Gasteiger partial charge in [-0.05, 0) is 42.8 Å². The molecule has 0 aliphatic rings. The molecule has 1 amide bonds. The Morgan fingerprint density at radius 3 is 2.70 bits per heavy atom. The number of hydrogen-bond donors (Lipinski definition) is 1. The first-order chi connectivity index (χ1) is 9.63. The predicted octanol–water partition coefficient (Wildman–Crippen LogP) is 4.23. The zero-order valence-electron chi connectivity index (χ0n) is 11.3. The van der Waals surface area contributed by atoms with Crippen LogP contribution in [0.4, 0.5) is 5.69 Å². The zero-order valence-corrected chi connectivity index (χ0v) is 12.1. The molecule has 20 heavy (non-hydrogen) atoms. The number of aryl methyl sites for hydroxylation is 1. The molecule has 2 aromatic carbocycles. The van der Waals surface area contributed by atoms with Gasteiger partial charge in [0.05, 0.1) is 10.2 Å². The van der Waals surface area contributed by atoms with Crippen molar-refractivity contribution in [1.82, 2.24) is 4.98 Å². The number of fused-ring (bicyclic) bond motifs is 1. The number of benzene rings is 2. The van der Waals surface area contributed by atoms with Crippen molar-refractivity contribution < 1.29 is 4.79 Å². The van der Waals surface area contributed by atoms with Crippen molar-refractivity contribution in [2.24, 2.45) is 0 Å². The summed E-state index contributed by atoms with van der Waals surface area (Å²) in [5.74, 6) is -0.0548. The van der Waals surface area contributed by atoms with Gasteiger partial charge in [0.15, 0.2) is 0 Å². The Labute approximate surface area is 121 Å². The third-order valence-electron chi connectivity index (χ3n) is 3.08. The Balaban J connectivity index is 2.01. The molecule has 0 aliphatic heterocycles. The Kier molecular flexibility index (Phi) is 3.24. The highest BCUT2D eigenvalue weighted by Crippen LogP contribution is 2.31. The number of rotatable bonds is 2. The van der Waals surface area contributed by atoms with Crippen molar-refractivity contribution in [2.75, 3.05) is 5.32 Å². The number of anilines is 1. The van der Waals surface area contributed by atoms with E-state index in [1.54, 1.807) is 11.3 Å². The summed E-state index contributed by atoms with van der Waals surface area (Å²) in [6.45, 7) is 3.50. The molecule has 0 unspecified atom stereocenters. The van der Waals surface area contributed by atoms with Gasteiger partial charge in [-0.25, -0.2) is 4.98 Å². The van der Waals surface area contributed by atoms with Crippen LogP contribution in [0.15, 0.2) is 42.5 Å². The van der Waals surface area contributed by atoms with Crippen molar-refractivity contribution >= 4 is 33.1 Å². The van der Waals surface area contributed by atoms with Crippen molar-refractivity contribution in [3.05, 3.63) is 48.0 Å². The zero-order chi connectivity index (χ0) is 14.1. The summed E-state index contributed by atoms with van der Waals surface area (Å²) >= 11 is 1.68. The van der Waals surface area contributed by atoms with Gasteiger partial charge in [0.2, 0.25) is 5.91 Å². The third kappa shape index (κ3) is 2.42. The lowest BCUT2D eigenvalue weighted by molar-refractivity contribution is -0.114. The predicted molar refractivity (Wildman–Crippen MR) is 84.1 cm³/mol. The highest BCUT2D eigenvalue weighted by atomic mass is 32.1. The summed E-state index contributed by atoms with van der Waals surface area (Å²) in [6.07, 6.45) is 0. The number of amides is 1. The van der Waals surface area contributed by atoms with Gasteiger partial charge in [-0.3, -0.25) is 4.79 Å². The van der Waals surface area contributed by atoms with Crippen LogP contribution in [0, 0.1) is 6.92 Å². The lowest BCUT2D eigenvalue weighted by Crippen LogP contribution is -2.06. The molecule has 0 atom stereocenters. The van der Waals surface area contributed by atoms with Crippen molar-refractivity contribution in [1.29, 1.82) is 0 Å². The Hall–Kier alpha value is -2.20. The smallest absolute Gasteiger partial charge is 0.221 e. The number of hydrogen-bond acceptors (Lipinski definition) is 3. The molecule has 4 heteroatoms. The summed E-state index contributed by atoms with van der Waals surface area (Å²) in [5.41, 5.74) is 3.99. The first-order valence-electron chi connectivity index (χ1n) is 6.37. The average molecular weight is 282 g/mol. The van der Waals surface area contributed by atoms with Gasteiger partial charge in [0.1, 0.15) is 5.01 Å². The number of nitrogens with zero attached hydrogens (tertiary/aromatic N) is 1. The van der Waals surface area contributed by atoms with Gasteiger partial charge in [-0.1, -0.05) is 12.1 Å². The van der Waals surface area contributed by atoms with Gasteiger partial charge < -0.3 is 5.32 Å². The van der Waals surface area contributed by atoms with Crippen LogP contribution in [0.3, 0.4) is 0 Å². The molecule has 1 heterocycles. The first-order valence-corrected chi connectivity index (χ1v) is 7.19. The van der Waals surface area contributed by atoms with Crippen LogP contribution in [0.2, 0.25) is 0 Å². The van der Waals surface area contributed by atoms with E-state index in [1.165, 1.54) is 11.6 Å². The molecule has 3 aromatic rings. The van der Waals surface area contributed by atoms with Gasteiger partial charge in [0, 0.05) is 18.2 Å². The number of nitrogens with one attached hydrogen (secondary N) is 1. The summed E-state index contributed by atoms with van der Waals surface area (Å²) in [5, 5.41) is 3.83. The second kappa shape index (κ2) is 5.06. The van der Waals surface area contributed by atoms with Crippen LogP contribution in [0.1, 0.15) is 12.5 Å². The van der Waals surface area contributed by atoms with Gasteiger partial charge in [0.25, 0.3) is 0 Å². The second-order valence-corrected chi connectivity index (χ2v) is 5.73. The van der Waals surface area contributed by atoms with Gasteiger partial charge in [-0.2, -0.15) is 0 Å². The van der Waals surface area contributed by atoms with Crippen LogP contribution in [-0.2, 0) is 4.79 Å². The second-order valence-electron chi connectivity index (χ2n) is 4.70. The molecular weight excluding hydrogens is 268 g/mol. The number of para-hydroxylation sites is 1. The van der Waals surface area contributed by atoms with Crippen LogP contribution in [0.5, 0.6) is 0 Å². The van der Waals surface area contributed by atoms with E-state index >= 15 is 0 Å². The van der Waals surface area contributed by atoms with Crippen LogP contribution >= 0.6 is 11.3 Å². The van der Waals surface area contributed by atoms with Gasteiger partial charge in [-0.15, -0.1) is 11.3 Å². The van der Waals surface area contributed by atoms with E-state index in [2.05, 4.69) is 22.4 Å². The Bertz CT molecular complexity index is 759. The maximum atomic E-state index is 11.1. The summed E-state index contributed by atoms with van der Waals surface area (Å²) in [7, 11) is 0. The monoisotopic (exact) mass is 282 g/mol. The first kappa shape index (κ1) is 12.8. The Morgan fingerprint density at radius 1 is 1.20 bits per heavy atom. The van der Waals surface area contributed by atoms with Crippen molar-refractivity contribution in [3.8, 4) is 10.6 Å². The standard InChI is InChI=1S/C16H14N2OS/c1-10-9-12(7-8-13(10)17-11(2)19)16-18-14-5-3-4-6-15(14)20-16/h3-9H,1-2H3,(H,17,19). The van der Waals surface area contributed by atoms with Crippen LogP contribution in [0.25, 0.3) is 20.8 Å². The molecule has 0 fully saturated rings. The average Bonchev–Trinajstić information content (AvgIpc) is 2.84. The molecular formula is C16H14N2OS. The van der Waals surface area contributed by atoms with E-state index in [4.69, 9.17) is 0 Å². The van der Waals surface area contributed by atoms with E-state index in [0.717, 1.165) is 27.3 Å². The molecule has 1 aromatic heterocycles. The quantitative estimate of drug-likeness (QED) is 0.764. The van der Waals surface area contributed by atoms with Crippen molar-refractivity contribution in [3.63, 3.8) is 0 Å². The number of aromatic nitrogens is 1. The largest absolute Gasteiger partial charge is 0.326 e. The minimum atomic E-state index is -0.0548. The summed E-state index contributed by atoms with van der Waals surface area (Å²) in [6, 6.07) is 14.1. The molecule has 3 nitrogen and oxygen atoms in total. The minimum Gasteiger partial charge on any atom is -0.326 e. The van der Waals surface area contributed by atoms with Gasteiger partial charge >= 0.3 is 0 Å². The molecule has 100 valence electrons. The lowest BCUT2D eigenvalue weighted by Gasteiger charge is -2.07. The van der Waals surface area contributed by atoms with E-state index in [9.17, 15) is 4.79 Å². The van der Waals surface area contributed by atoms with E-state index < -0.39 is 0 Å². The summed E-state index contributed by atoms with van der Waals surface area (Å²) < 4.78 is 1.19. The van der Waals surface area contributed by atoms with E-state index in [-0.39, 0.29) is 5.91 Å². The maximum absolute atomic E-state index is 11.1. The topological polar surface area (TPSA) is 42.0 Å². The molecule has 0 aliphatic carbocycles. The molecule has 0 bridgehead atoms. The molecule has 0 radical (unpaired) electrons. The highest BCUT2D eigenvalue weighted by Gasteiger charge is 2.08. The number of carbonyl (C=O) groups excluding carboxylic acids is 1. The third-order valence-corrected chi connectivity index (χ3v) is 4.16. The minimum absolute atomic E-state index is 0.0548. The normalized spacial score (nSPS) is 10.7. The Morgan fingerprint density at radius 2 is 2.00 bits per heavy atom. The summed E-state index contributed by atoms with van der Waals surface area (Å²) in [4.78, 5) is 15.8. The molecule has 1 N–H and O–H groups in total. The number of thiazole rings is 1. The molecule has 0 spiro atoms. The molecule has 3 rings (SSSR count). The fourth-order valence-corrected chi connectivity index (χ4v) is 3.08. The fraction of sp³-hybridized carbons (Fsp3) is 0.125. The highest BCUT2D eigenvalue weighted by molar-refractivity contribution is 7.21. The molecule has 0 saturated heterocycles. The lowest BCUT2D eigenvalue weighted by atomic mass is 10.1.